The van der Waals surface area contributed by atoms with Gasteiger partial charge in [0.1, 0.15) is 29.4 Å². The molecular weight excluding hydrogens is 587 g/mol. The number of aromatic nitrogens is 1. The van der Waals surface area contributed by atoms with Gasteiger partial charge in [0.25, 0.3) is 5.91 Å². The van der Waals surface area contributed by atoms with Crippen molar-refractivity contribution in [3.63, 3.8) is 0 Å². The van der Waals surface area contributed by atoms with E-state index in [1.165, 1.54) is 60.5 Å². The molecule has 2 atom stereocenters. The largest absolute Gasteiger partial charge is 0.351 e. The van der Waals surface area contributed by atoms with Gasteiger partial charge in [0.2, 0.25) is 11.8 Å². The normalized spacial score (nSPS) is 22.2. The Bertz CT molecular complexity index is 1580. The van der Waals surface area contributed by atoms with Gasteiger partial charge in [-0.05, 0) is 55.8 Å². The Morgan fingerprint density at radius 3 is 2.50 bits per heavy atom. The second-order valence-corrected chi connectivity index (χ2v) is 11.4. The molecule has 42 heavy (non-hydrogen) atoms. The number of amides is 3. The van der Waals surface area contributed by atoms with Crippen molar-refractivity contribution in [2.75, 3.05) is 9.80 Å². The van der Waals surface area contributed by atoms with Gasteiger partial charge in [0.05, 0.1) is 11.6 Å². The molecule has 0 spiro atoms. The number of rotatable bonds is 7. The Balaban J connectivity index is 1.63. The first-order chi connectivity index (χ1) is 20.0. The van der Waals surface area contributed by atoms with Crippen molar-refractivity contribution >= 4 is 52.4 Å². The Morgan fingerprint density at radius 2 is 1.86 bits per heavy atom. The maximum atomic E-state index is 14.6. The van der Waals surface area contributed by atoms with Crippen molar-refractivity contribution in [3.8, 4) is 6.07 Å². The van der Waals surface area contributed by atoms with Gasteiger partial charge in [-0.25, -0.2) is 13.8 Å². The highest BCUT2D eigenvalue weighted by Crippen LogP contribution is 2.41. The molecule has 1 aliphatic heterocycles. The van der Waals surface area contributed by atoms with E-state index in [2.05, 4.69) is 10.3 Å². The van der Waals surface area contributed by atoms with Crippen LogP contribution in [-0.4, -0.2) is 40.5 Å². The lowest BCUT2D eigenvalue weighted by molar-refractivity contribution is -0.128. The number of benzene rings is 2. The van der Waals surface area contributed by atoms with E-state index in [9.17, 15) is 28.4 Å². The Labute approximate surface area is 250 Å². The summed E-state index contributed by atoms with van der Waals surface area (Å²) in [4.78, 5) is 48.1. The van der Waals surface area contributed by atoms with E-state index in [1.807, 2.05) is 6.07 Å². The Hall–Kier alpha value is -4.07. The predicted molar refractivity (Wildman–Crippen MR) is 153 cm³/mol. The second kappa shape index (κ2) is 11.7. The molecule has 1 N–H and O–H groups in total. The third-order valence-corrected chi connectivity index (χ3v) is 8.07. The summed E-state index contributed by atoms with van der Waals surface area (Å²) in [6.45, 7) is 1.43. The highest BCUT2D eigenvalue weighted by molar-refractivity contribution is 6.36. The number of nitriles is 1. The van der Waals surface area contributed by atoms with E-state index in [0.717, 1.165) is 11.0 Å². The highest BCUT2D eigenvalue weighted by Gasteiger charge is 2.47. The third-order valence-electron chi connectivity index (χ3n) is 7.41. The number of nitrogens with one attached hydrogen (secondary N) is 1. The lowest BCUT2D eigenvalue weighted by Crippen LogP contribution is -2.56. The molecule has 2 heterocycles. The molecule has 2 aromatic carbocycles. The summed E-state index contributed by atoms with van der Waals surface area (Å²) in [6.07, 6.45) is 1.55. The minimum absolute atomic E-state index is 0.00721. The van der Waals surface area contributed by atoms with Gasteiger partial charge in [-0.1, -0.05) is 35.3 Å². The van der Waals surface area contributed by atoms with Gasteiger partial charge in [0.15, 0.2) is 0 Å². The molecule has 8 nitrogen and oxygen atoms in total. The first kappa shape index (κ1) is 29.4. The molecule has 0 radical (unpaired) electrons. The molecular formula is C30H25Cl2F2N5O3. The third kappa shape index (κ3) is 5.80. The molecule has 3 amide bonds. The molecule has 12 heteroatoms. The van der Waals surface area contributed by atoms with E-state index in [4.69, 9.17) is 23.2 Å². The van der Waals surface area contributed by atoms with Crippen molar-refractivity contribution in [2.45, 2.75) is 56.4 Å². The first-order valence-corrected chi connectivity index (χ1v) is 13.9. The molecule has 3 aromatic rings. The number of alkyl halides is 1. The van der Waals surface area contributed by atoms with Gasteiger partial charge >= 0.3 is 0 Å². The van der Waals surface area contributed by atoms with Crippen LogP contribution in [0.25, 0.3) is 0 Å². The molecule has 1 aromatic heterocycles. The minimum atomic E-state index is -1.51. The van der Waals surface area contributed by atoms with Crippen molar-refractivity contribution in [3.05, 3.63) is 87.8 Å². The van der Waals surface area contributed by atoms with Gasteiger partial charge < -0.3 is 5.32 Å². The number of hydrogen-bond acceptors (Lipinski definition) is 5. The van der Waals surface area contributed by atoms with Crippen LogP contribution in [0.4, 0.5) is 20.3 Å². The fourth-order valence-corrected chi connectivity index (χ4v) is 6.12. The number of nitrogens with zero attached hydrogens (tertiary/aromatic N) is 4. The molecule has 0 bridgehead atoms. The summed E-state index contributed by atoms with van der Waals surface area (Å²) in [5.41, 5.74) is -1.12. The van der Waals surface area contributed by atoms with E-state index < -0.39 is 47.3 Å². The lowest BCUT2D eigenvalue weighted by atomic mass is 9.78. The zero-order valence-corrected chi connectivity index (χ0v) is 23.9. The summed E-state index contributed by atoms with van der Waals surface area (Å²) >= 11 is 13.1. The zero-order chi connectivity index (χ0) is 30.2. The van der Waals surface area contributed by atoms with Crippen LogP contribution in [0.5, 0.6) is 0 Å². The van der Waals surface area contributed by atoms with E-state index in [0.29, 0.717) is 0 Å². The van der Waals surface area contributed by atoms with Crippen LogP contribution >= 0.6 is 23.2 Å². The Morgan fingerprint density at radius 1 is 1.17 bits per heavy atom. The van der Waals surface area contributed by atoms with Crippen molar-refractivity contribution in [1.29, 1.82) is 5.26 Å². The predicted octanol–water partition coefficient (Wildman–Crippen LogP) is 5.68. The number of carbonyl (C=O) groups excluding carboxylic acids is 3. The average molecular weight is 612 g/mol. The van der Waals surface area contributed by atoms with Crippen molar-refractivity contribution < 1.29 is 23.2 Å². The lowest BCUT2D eigenvalue weighted by Gasteiger charge is -2.41. The first-order valence-electron chi connectivity index (χ1n) is 13.2. The minimum Gasteiger partial charge on any atom is -0.351 e. The molecule has 216 valence electrons. The summed E-state index contributed by atoms with van der Waals surface area (Å²) in [5, 5.41) is 12.3. The fraction of sp³-hybridized carbons (Fsp3) is 0.300. The van der Waals surface area contributed by atoms with Crippen molar-refractivity contribution in [1.82, 2.24) is 10.3 Å². The van der Waals surface area contributed by atoms with Gasteiger partial charge in [-0.2, -0.15) is 5.26 Å². The van der Waals surface area contributed by atoms with E-state index in [-0.39, 0.29) is 58.4 Å². The maximum Gasteiger partial charge on any atom is 0.251 e. The van der Waals surface area contributed by atoms with Crippen LogP contribution < -0.4 is 15.1 Å². The molecule has 0 unspecified atom stereocenters. The summed E-state index contributed by atoms with van der Waals surface area (Å²) in [5.74, 6) is -2.44. The van der Waals surface area contributed by atoms with E-state index >= 15 is 0 Å². The molecule has 1 saturated carbocycles. The monoisotopic (exact) mass is 611 g/mol. The smallest absolute Gasteiger partial charge is 0.251 e. The number of hydrogen-bond donors (Lipinski definition) is 1. The molecule has 2 fully saturated rings. The average Bonchev–Trinajstić information content (AvgIpc) is 3.32. The highest BCUT2D eigenvalue weighted by atomic mass is 35.5. The second-order valence-electron chi connectivity index (χ2n) is 10.6. The standard InChI is InChI=1S/C30H25Cl2F2N5O3/c1-30(34)14-19(15-30)37-28(41)27(26-21(31)6-3-7-22(26)32)38(20-5-2-4-18(33)13-20)29(42)23-8-9-25(40)39(23)24-12-17(16-35)10-11-36-24/h2-7,10-13,19,23,27H,8-9,14-15H2,1H3,(H,37,41)/t19?,23-,27+,30?/m0/s1. The van der Waals surface area contributed by atoms with Crippen LogP contribution in [0.2, 0.25) is 10.0 Å². The van der Waals surface area contributed by atoms with Gasteiger partial charge in [-0.15, -0.1) is 0 Å². The maximum absolute atomic E-state index is 14.6. The molecule has 5 rings (SSSR count). The quantitative estimate of drug-likeness (QED) is 0.370. The summed E-state index contributed by atoms with van der Waals surface area (Å²) in [7, 11) is 0. The van der Waals surface area contributed by atoms with Crippen LogP contribution in [-0.2, 0) is 14.4 Å². The topological polar surface area (TPSA) is 106 Å². The number of anilines is 2. The number of halogens is 4. The summed E-state index contributed by atoms with van der Waals surface area (Å²) < 4.78 is 28.9. The fourth-order valence-electron chi connectivity index (χ4n) is 5.51. The number of carbonyl (C=O) groups is 3. The molecule has 1 aliphatic carbocycles. The van der Waals surface area contributed by atoms with Gasteiger partial charge in [0, 0.05) is 52.8 Å². The number of pyridine rings is 1. The molecule has 2 aliphatic rings. The van der Waals surface area contributed by atoms with E-state index in [1.54, 1.807) is 6.07 Å². The van der Waals surface area contributed by atoms with Crippen molar-refractivity contribution in [2.24, 2.45) is 0 Å². The Kier molecular flexibility index (Phi) is 8.17. The zero-order valence-electron chi connectivity index (χ0n) is 22.4. The van der Waals surface area contributed by atoms with Gasteiger partial charge in [-0.3, -0.25) is 24.2 Å². The summed E-state index contributed by atoms with van der Waals surface area (Å²) in [6, 6.07) is 11.3. The molecule has 1 saturated heterocycles. The van der Waals surface area contributed by atoms with Crippen LogP contribution in [0, 0.1) is 17.1 Å². The van der Waals surface area contributed by atoms with Crippen LogP contribution in [0.3, 0.4) is 0 Å². The van der Waals surface area contributed by atoms with Crippen LogP contribution in [0.1, 0.15) is 49.8 Å². The van der Waals surface area contributed by atoms with Crippen LogP contribution in [0.15, 0.2) is 60.8 Å². The SMILES string of the molecule is CC1(F)CC(NC(=O)[C@@H](c2c(Cl)cccc2Cl)N(C(=O)[C@@H]2CCC(=O)N2c2cc(C#N)ccn2)c2cccc(F)c2)C1.